The summed E-state index contributed by atoms with van der Waals surface area (Å²) in [7, 11) is 3.51. The fraction of sp³-hybridized carbons (Fsp3) is 0.143. The minimum absolute atomic E-state index is 0.199. The molecule has 0 aliphatic carbocycles. The molecular formula is C21H17FN6O. The van der Waals surface area contributed by atoms with Gasteiger partial charge >= 0.3 is 5.69 Å². The summed E-state index contributed by atoms with van der Waals surface area (Å²) in [5.74, 6) is 0.114. The van der Waals surface area contributed by atoms with Gasteiger partial charge in [-0.25, -0.2) is 14.3 Å². The summed E-state index contributed by atoms with van der Waals surface area (Å²) >= 11 is 0. The van der Waals surface area contributed by atoms with Crippen LogP contribution in [0.25, 0.3) is 38.9 Å². The summed E-state index contributed by atoms with van der Waals surface area (Å²) in [4.78, 5) is 21.3. The van der Waals surface area contributed by atoms with Crippen LogP contribution in [0.5, 0.6) is 0 Å². The van der Waals surface area contributed by atoms with E-state index in [0.29, 0.717) is 33.5 Å². The van der Waals surface area contributed by atoms with E-state index >= 15 is 0 Å². The highest BCUT2D eigenvalue weighted by molar-refractivity contribution is 6.04. The molecule has 0 unspecified atom stereocenters. The number of nitrogens with zero attached hydrogens (tertiary/aromatic N) is 6. The third-order valence-corrected chi connectivity index (χ3v) is 5.16. The topological polar surface area (TPSA) is 70.5 Å². The Morgan fingerprint density at radius 1 is 1.07 bits per heavy atom. The molecule has 29 heavy (non-hydrogen) atoms. The Labute approximate surface area is 164 Å². The van der Waals surface area contributed by atoms with Gasteiger partial charge in [-0.2, -0.15) is 9.49 Å². The minimum atomic E-state index is -0.542. The average Bonchev–Trinajstić information content (AvgIpc) is 3.17. The first-order valence-corrected chi connectivity index (χ1v) is 9.08. The monoisotopic (exact) mass is 388 g/mol. The number of hydrogen-bond donors (Lipinski definition) is 0. The summed E-state index contributed by atoms with van der Waals surface area (Å²) in [5, 5.41) is 5.13. The van der Waals surface area contributed by atoms with E-state index in [-0.39, 0.29) is 5.69 Å². The van der Waals surface area contributed by atoms with Gasteiger partial charge in [0.05, 0.1) is 28.4 Å². The summed E-state index contributed by atoms with van der Waals surface area (Å²) in [6.45, 7) is 1.88. The van der Waals surface area contributed by atoms with Crippen LogP contribution in [0.15, 0.2) is 53.6 Å². The highest BCUT2D eigenvalue weighted by Crippen LogP contribution is 2.30. The van der Waals surface area contributed by atoms with Crippen LogP contribution < -0.4 is 5.69 Å². The van der Waals surface area contributed by atoms with Crippen LogP contribution in [0, 0.1) is 12.9 Å². The Hall–Kier alpha value is -3.81. The lowest BCUT2D eigenvalue weighted by atomic mass is 10.0. The molecule has 0 bridgehead atoms. The highest BCUT2D eigenvalue weighted by atomic mass is 19.1. The van der Waals surface area contributed by atoms with Gasteiger partial charge in [0.2, 0.25) is 5.95 Å². The molecule has 0 aliphatic heterocycles. The molecule has 5 rings (SSSR count). The van der Waals surface area contributed by atoms with Crippen molar-refractivity contribution in [3.8, 4) is 16.9 Å². The van der Waals surface area contributed by atoms with Gasteiger partial charge in [0.15, 0.2) is 0 Å². The molecule has 0 saturated heterocycles. The molecule has 144 valence electrons. The number of fused-ring (bicyclic) bond motifs is 3. The second-order valence-electron chi connectivity index (χ2n) is 7.01. The zero-order valence-corrected chi connectivity index (χ0v) is 16.1. The Bertz CT molecular complexity index is 1480. The number of aryl methyl sites for hydroxylation is 3. The zero-order valence-electron chi connectivity index (χ0n) is 16.1. The fourth-order valence-corrected chi connectivity index (χ4v) is 3.78. The van der Waals surface area contributed by atoms with E-state index in [1.807, 2.05) is 25.1 Å². The smallest absolute Gasteiger partial charge is 0.293 e. The van der Waals surface area contributed by atoms with Crippen LogP contribution >= 0.6 is 0 Å². The number of rotatable bonds is 2. The van der Waals surface area contributed by atoms with Crippen molar-refractivity contribution in [1.29, 1.82) is 0 Å². The molecule has 0 fully saturated rings. The van der Waals surface area contributed by atoms with Crippen molar-refractivity contribution in [2.45, 2.75) is 6.92 Å². The first-order valence-electron chi connectivity index (χ1n) is 9.08. The van der Waals surface area contributed by atoms with Crippen LogP contribution in [-0.4, -0.2) is 28.9 Å². The van der Waals surface area contributed by atoms with E-state index in [4.69, 9.17) is 0 Å². The minimum Gasteiger partial charge on any atom is -0.293 e. The Balaban J connectivity index is 1.92. The van der Waals surface area contributed by atoms with Crippen molar-refractivity contribution in [3.63, 3.8) is 0 Å². The van der Waals surface area contributed by atoms with Crippen LogP contribution in [0.4, 0.5) is 4.39 Å². The third kappa shape index (κ3) is 2.49. The van der Waals surface area contributed by atoms with Crippen molar-refractivity contribution in [1.82, 2.24) is 28.9 Å². The normalized spacial score (nSPS) is 11.6. The number of imidazole rings is 1. The SMILES string of the molecule is Cc1cc(-n2c(=O)n(C)c3cnc4ccc(-c5cccnc5F)cc4c32)n(C)n1. The maximum atomic E-state index is 14.3. The van der Waals surface area contributed by atoms with Gasteiger partial charge in [-0.3, -0.25) is 14.2 Å². The molecule has 4 aromatic heterocycles. The van der Waals surface area contributed by atoms with Gasteiger partial charge in [-0.15, -0.1) is 0 Å². The molecule has 7 nitrogen and oxygen atoms in total. The first-order chi connectivity index (χ1) is 14.0. The van der Waals surface area contributed by atoms with Gasteiger partial charge < -0.3 is 0 Å². The molecule has 0 atom stereocenters. The van der Waals surface area contributed by atoms with Crippen molar-refractivity contribution >= 4 is 21.9 Å². The van der Waals surface area contributed by atoms with Crippen LogP contribution in [0.1, 0.15) is 5.69 Å². The van der Waals surface area contributed by atoms with Gasteiger partial charge in [-0.05, 0) is 36.8 Å². The van der Waals surface area contributed by atoms with E-state index in [2.05, 4.69) is 15.1 Å². The summed E-state index contributed by atoms with van der Waals surface area (Å²) in [6, 6.07) is 10.7. The molecule has 8 heteroatoms. The molecule has 5 aromatic rings. The molecule has 1 aromatic carbocycles. The molecule has 0 radical (unpaired) electrons. The summed E-state index contributed by atoms with van der Waals surface area (Å²) in [5.41, 5.74) is 3.78. The lowest BCUT2D eigenvalue weighted by Gasteiger charge is -2.08. The van der Waals surface area contributed by atoms with Gasteiger partial charge in [0.25, 0.3) is 0 Å². The van der Waals surface area contributed by atoms with Crippen LogP contribution in [-0.2, 0) is 14.1 Å². The lowest BCUT2D eigenvalue weighted by Crippen LogP contribution is -2.22. The maximum absolute atomic E-state index is 14.3. The van der Waals surface area contributed by atoms with Crippen molar-refractivity contribution in [2.24, 2.45) is 14.1 Å². The number of benzene rings is 1. The third-order valence-electron chi connectivity index (χ3n) is 5.16. The zero-order chi connectivity index (χ0) is 20.3. The molecule has 0 saturated carbocycles. The van der Waals surface area contributed by atoms with Crippen LogP contribution in [0.2, 0.25) is 0 Å². The lowest BCUT2D eigenvalue weighted by molar-refractivity contribution is 0.587. The molecule has 0 amide bonds. The van der Waals surface area contributed by atoms with E-state index in [9.17, 15) is 9.18 Å². The van der Waals surface area contributed by atoms with E-state index in [1.165, 1.54) is 6.20 Å². The Morgan fingerprint density at radius 2 is 1.90 bits per heavy atom. The van der Waals surface area contributed by atoms with Gasteiger partial charge in [0.1, 0.15) is 5.82 Å². The van der Waals surface area contributed by atoms with Crippen molar-refractivity contribution in [3.05, 3.63) is 70.9 Å². The van der Waals surface area contributed by atoms with E-state index < -0.39 is 5.95 Å². The van der Waals surface area contributed by atoms with E-state index in [1.54, 1.807) is 52.3 Å². The first kappa shape index (κ1) is 17.3. The van der Waals surface area contributed by atoms with Gasteiger partial charge in [0, 0.05) is 37.3 Å². The summed E-state index contributed by atoms with van der Waals surface area (Å²) in [6.07, 6.45) is 3.10. The molecule has 0 aliphatic rings. The standard InChI is InChI=1S/C21H17FN6O/c1-12-9-18(27(3)25-12)28-19-15-10-13(14-5-4-8-23-20(14)22)6-7-16(15)24-11-17(19)26(2)21(28)29/h4-11H,1-3H3. The predicted octanol–water partition coefficient (Wildman–Crippen LogP) is 3.12. The second-order valence-corrected chi connectivity index (χ2v) is 7.01. The number of pyridine rings is 2. The van der Waals surface area contributed by atoms with Crippen molar-refractivity contribution in [2.75, 3.05) is 0 Å². The van der Waals surface area contributed by atoms with Gasteiger partial charge in [-0.1, -0.05) is 6.07 Å². The summed E-state index contributed by atoms with van der Waals surface area (Å²) < 4.78 is 19.1. The molecular weight excluding hydrogens is 371 g/mol. The quantitative estimate of drug-likeness (QED) is 0.436. The van der Waals surface area contributed by atoms with E-state index in [0.717, 1.165) is 11.1 Å². The fourth-order valence-electron chi connectivity index (χ4n) is 3.78. The Kier molecular flexibility index (Phi) is 3.64. The number of aromatic nitrogens is 6. The Morgan fingerprint density at radius 3 is 2.62 bits per heavy atom. The number of hydrogen-bond acceptors (Lipinski definition) is 4. The number of halogens is 1. The molecule has 4 heterocycles. The largest absolute Gasteiger partial charge is 0.334 e. The molecule has 0 N–H and O–H groups in total. The maximum Gasteiger partial charge on any atom is 0.334 e. The van der Waals surface area contributed by atoms with Crippen LogP contribution in [0.3, 0.4) is 0 Å². The highest BCUT2D eigenvalue weighted by Gasteiger charge is 2.19. The predicted molar refractivity (Wildman–Crippen MR) is 109 cm³/mol. The van der Waals surface area contributed by atoms with Crippen molar-refractivity contribution < 1.29 is 4.39 Å². The second kappa shape index (κ2) is 6.10. The average molecular weight is 388 g/mol. The molecule has 0 spiro atoms.